The molecule has 0 spiro atoms. The van der Waals surface area contributed by atoms with Gasteiger partial charge in [-0.3, -0.25) is 0 Å². The third-order valence-corrected chi connectivity index (χ3v) is 3.33. The number of nitrogens with one attached hydrogen (secondary N) is 1. The predicted octanol–water partition coefficient (Wildman–Crippen LogP) is 3.94. The van der Waals surface area contributed by atoms with Crippen LogP contribution in [-0.4, -0.2) is 13.2 Å². The molecule has 0 aromatic heterocycles. The summed E-state index contributed by atoms with van der Waals surface area (Å²) in [6.07, 6.45) is 1.03. The van der Waals surface area contributed by atoms with Gasteiger partial charge >= 0.3 is 0 Å². The topological polar surface area (TPSA) is 21.3 Å². The van der Waals surface area contributed by atoms with Crippen molar-refractivity contribution in [3.05, 3.63) is 71.8 Å². The Bertz CT molecular complexity index is 469. The lowest BCUT2D eigenvalue weighted by molar-refractivity contribution is 0.118. The normalized spacial score (nSPS) is 12.2. The van der Waals surface area contributed by atoms with Gasteiger partial charge in [-0.2, -0.15) is 0 Å². The van der Waals surface area contributed by atoms with Crippen LogP contribution in [0.5, 0.6) is 0 Å². The third-order valence-electron chi connectivity index (χ3n) is 3.33. The maximum absolute atomic E-state index is 5.67. The molecular formula is C18H23NO. The van der Waals surface area contributed by atoms with E-state index in [2.05, 4.69) is 48.6 Å². The van der Waals surface area contributed by atoms with E-state index in [4.69, 9.17) is 4.74 Å². The molecule has 0 fully saturated rings. The van der Waals surface area contributed by atoms with Crippen LogP contribution in [0, 0.1) is 0 Å². The first-order valence-electron chi connectivity index (χ1n) is 7.26. The van der Waals surface area contributed by atoms with Crippen molar-refractivity contribution >= 4 is 0 Å². The van der Waals surface area contributed by atoms with Crippen molar-refractivity contribution in [1.82, 2.24) is 5.32 Å². The Morgan fingerprint density at radius 3 is 2.30 bits per heavy atom. The van der Waals surface area contributed by atoms with E-state index in [0.29, 0.717) is 12.6 Å². The van der Waals surface area contributed by atoms with Crippen LogP contribution in [-0.2, 0) is 11.3 Å². The van der Waals surface area contributed by atoms with Gasteiger partial charge < -0.3 is 10.1 Å². The molecule has 2 rings (SSSR count). The van der Waals surface area contributed by atoms with E-state index in [1.165, 1.54) is 11.1 Å². The van der Waals surface area contributed by atoms with E-state index in [0.717, 1.165) is 19.6 Å². The first-order valence-corrected chi connectivity index (χ1v) is 7.26. The highest BCUT2D eigenvalue weighted by Gasteiger charge is 2.02. The van der Waals surface area contributed by atoms with Gasteiger partial charge in [0, 0.05) is 12.6 Å². The summed E-state index contributed by atoms with van der Waals surface area (Å²) in [6, 6.07) is 21.2. The molecule has 1 atom stereocenters. The number of hydrogen-bond acceptors (Lipinski definition) is 2. The molecule has 20 heavy (non-hydrogen) atoms. The second kappa shape index (κ2) is 8.51. The zero-order chi connectivity index (χ0) is 14.0. The van der Waals surface area contributed by atoms with Crippen molar-refractivity contribution in [3.8, 4) is 0 Å². The van der Waals surface area contributed by atoms with E-state index >= 15 is 0 Å². The molecule has 1 unspecified atom stereocenters. The van der Waals surface area contributed by atoms with Crippen molar-refractivity contribution in [2.45, 2.75) is 26.0 Å². The van der Waals surface area contributed by atoms with E-state index in [-0.39, 0.29) is 0 Å². The summed E-state index contributed by atoms with van der Waals surface area (Å²) in [5.41, 5.74) is 2.57. The lowest BCUT2D eigenvalue weighted by atomic mass is 10.1. The summed E-state index contributed by atoms with van der Waals surface area (Å²) in [5, 5.41) is 3.52. The molecule has 0 amide bonds. The number of ether oxygens (including phenoxy) is 1. The van der Waals surface area contributed by atoms with Crippen LogP contribution in [0.3, 0.4) is 0 Å². The molecule has 2 aromatic carbocycles. The maximum Gasteiger partial charge on any atom is 0.0716 e. The van der Waals surface area contributed by atoms with Gasteiger partial charge in [0.1, 0.15) is 0 Å². The van der Waals surface area contributed by atoms with E-state index < -0.39 is 0 Å². The number of rotatable bonds is 8. The van der Waals surface area contributed by atoms with Crippen LogP contribution in [0.4, 0.5) is 0 Å². The van der Waals surface area contributed by atoms with Crippen molar-refractivity contribution in [2.75, 3.05) is 13.2 Å². The molecule has 0 aliphatic carbocycles. The van der Waals surface area contributed by atoms with Gasteiger partial charge in [0.05, 0.1) is 6.61 Å². The van der Waals surface area contributed by atoms with Gasteiger partial charge in [0.15, 0.2) is 0 Å². The van der Waals surface area contributed by atoms with Crippen LogP contribution in [0.2, 0.25) is 0 Å². The molecule has 0 aliphatic heterocycles. The fourth-order valence-electron chi connectivity index (χ4n) is 2.12. The molecule has 0 radical (unpaired) electrons. The molecule has 106 valence electrons. The summed E-state index contributed by atoms with van der Waals surface area (Å²) in [4.78, 5) is 0. The van der Waals surface area contributed by atoms with Crippen molar-refractivity contribution < 1.29 is 4.74 Å². The second-order valence-corrected chi connectivity index (χ2v) is 4.98. The summed E-state index contributed by atoms with van der Waals surface area (Å²) in [5.74, 6) is 0. The first-order chi connectivity index (χ1) is 9.86. The molecule has 0 saturated heterocycles. The molecule has 0 heterocycles. The smallest absolute Gasteiger partial charge is 0.0716 e. The minimum Gasteiger partial charge on any atom is -0.377 e. The van der Waals surface area contributed by atoms with Gasteiger partial charge in [0.25, 0.3) is 0 Å². The lowest BCUT2D eigenvalue weighted by Gasteiger charge is -2.14. The van der Waals surface area contributed by atoms with Crippen molar-refractivity contribution in [3.63, 3.8) is 0 Å². The van der Waals surface area contributed by atoms with E-state index in [1.807, 2.05) is 24.3 Å². The van der Waals surface area contributed by atoms with Gasteiger partial charge in [-0.05, 0) is 31.0 Å². The fourth-order valence-corrected chi connectivity index (χ4v) is 2.12. The van der Waals surface area contributed by atoms with Gasteiger partial charge in [-0.1, -0.05) is 60.7 Å². The highest BCUT2D eigenvalue weighted by atomic mass is 16.5. The standard InChI is InChI=1S/C18H23NO/c1-16(18-11-6-3-7-12-18)19-13-8-14-20-15-17-9-4-2-5-10-17/h2-7,9-12,16,19H,8,13-15H2,1H3. The molecule has 0 saturated carbocycles. The minimum absolute atomic E-state index is 0.394. The maximum atomic E-state index is 5.67. The Kier molecular flexibility index (Phi) is 6.28. The molecule has 2 nitrogen and oxygen atoms in total. The molecule has 2 heteroatoms. The summed E-state index contributed by atoms with van der Waals surface area (Å²) < 4.78 is 5.67. The Morgan fingerprint density at radius 1 is 0.950 bits per heavy atom. The molecule has 0 aliphatic rings. The Labute approximate surface area is 121 Å². The fraction of sp³-hybridized carbons (Fsp3) is 0.333. The Hall–Kier alpha value is -1.64. The number of hydrogen-bond donors (Lipinski definition) is 1. The van der Waals surface area contributed by atoms with Crippen LogP contribution < -0.4 is 5.32 Å². The average molecular weight is 269 g/mol. The largest absolute Gasteiger partial charge is 0.377 e. The third kappa shape index (κ3) is 5.16. The molecule has 2 aromatic rings. The number of benzene rings is 2. The molecule has 1 N–H and O–H groups in total. The van der Waals surface area contributed by atoms with Crippen LogP contribution >= 0.6 is 0 Å². The second-order valence-electron chi connectivity index (χ2n) is 4.98. The highest BCUT2D eigenvalue weighted by molar-refractivity contribution is 5.18. The zero-order valence-corrected chi connectivity index (χ0v) is 12.1. The van der Waals surface area contributed by atoms with Gasteiger partial charge in [0.2, 0.25) is 0 Å². The van der Waals surface area contributed by atoms with Crippen LogP contribution in [0.15, 0.2) is 60.7 Å². The predicted molar refractivity (Wildman–Crippen MR) is 83.6 cm³/mol. The SMILES string of the molecule is CC(NCCCOCc1ccccc1)c1ccccc1. The molecular weight excluding hydrogens is 246 g/mol. The summed E-state index contributed by atoms with van der Waals surface area (Å²) in [6.45, 7) is 4.67. The van der Waals surface area contributed by atoms with Gasteiger partial charge in [-0.15, -0.1) is 0 Å². The average Bonchev–Trinajstić information content (AvgIpc) is 2.52. The first kappa shape index (κ1) is 14.8. The van der Waals surface area contributed by atoms with Crippen LogP contribution in [0.25, 0.3) is 0 Å². The lowest BCUT2D eigenvalue weighted by Crippen LogP contribution is -2.20. The minimum atomic E-state index is 0.394. The van der Waals surface area contributed by atoms with Crippen molar-refractivity contribution in [2.24, 2.45) is 0 Å². The van der Waals surface area contributed by atoms with Gasteiger partial charge in [-0.25, -0.2) is 0 Å². The monoisotopic (exact) mass is 269 g/mol. The van der Waals surface area contributed by atoms with E-state index in [1.54, 1.807) is 0 Å². The Balaban J connectivity index is 1.56. The highest BCUT2D eigenvalue weighted by Crippen LogP contribution is 2.10. The van der Waals surface area contributed by atoms with E-state index in [9.17, 15) is 0 Å². The quantitative estimate of drug-likeness (QED) is 0.733. The summed E-state index contributed by atoms with van der Waals surface area (Å²) >= 11 is 0. The molecule has 0 bridgehead atoms. The van der Waals surface area contributed by atoms with Crippen molar-refractivity contribution in [1.29, 1.82) is 0 Å². The zero-order valence-electron chi connectivity index (χ0n) is 12.1. The summed E-state index contributed by atoms with van der Waals surface area (Å²) in [7, 11) is 0. The Morgan fingerprint density at radius 2 is 1.60 bits per heavy atom. The van der Waals surface area contributed by atoms with Crippen LogP contribution in [0.1, 0.15) is 30.5 Å².